The third kappa shape index (κ3) is 3.58. The van der Waals surface area contributed by atoms with Crippen molar-refractivity contribution < 1.29 is 23.8 Å². The number of fused-ring (bicyclic) bond motifs is 2. The Morgan fingerprint density at radius 1 is 1.12 bits per heavy atom. The predicted octanol–water partition coefficient (Wildman–Crippen LogP) is 4.83. The van der Waals surface area contributed by atoms with E-state index in [-0.39, 0.29) is 12.4 Å². The van der Waals surface area contributed by atoms with Crippen molar-refractivity contribution in [1.82, 2.24) is 5.32 Å². The zero-order valence-electron chi connectivity index (χ0n) is 18.4. The van der Waals surface area contributed by atoms with E-state index in [2.05, 4.69) is 27.9 Å². The molecule has 4 rings (SSSR count). The minimum absolute atomic E-state index is 0.0915. The third-order valence-electron chi connectivity index (χ3n) is 5.61. The number of nitrogens with one attached hydrogen (secondary N) is 1. The number of esters is 1. The largest absolute Gasteiger partial charge is 0.492 e. The van der Waals surface area contributed by atoms with E-state index < -0.39 is 11.9 Å². The van der Waals surface area contributed by atoms with E-state index in [9.17, 15) is 9.59 Å². The standard InChI is InChI=1S/C25H24INO5/c1-5-31-18-12-14(11-17(26)24(18)30-4)20-19(25(29)32-6-2)13(3)27-22-15-9-7-8-10-16(15)23(28)21(20)22/h7-12,20,27H,5-6H2,1-4H3/t20-/m0/s1. The lowest BCUT2D eigenvalue weighted by molar-refractivity contribution is -0.138. The number of ketones is 1. The summed E-state index contributed by atoms with van der Waals surface area (Å²) in [6, 6.07) is 11.3. The number of carbonyl (C=O) groups excluding carboxylic acids is 2. The van der Waals surface area contributed by atoms with Crippen LogP contribution in [-0.4, -0.2) is 32.1 Å². The van der Waals surface area contributed by atoms with Gasteiger partial charge in [-0.1, -0.05) is 24.3 Å². The minimum atomic E-state index is -0.594. The van der Waals surface area contributed by atoms with Crippen LogP contribution >= 0.6 is 22.6 Å². The summed E-state index contributed by atoms with van der Waals surface area (Å²) in [5, 5.41) is 3.31. The van der Waals surface area contributed by atoms with Crippen molar-refractivity contribution in [2.75, 3.05) is 20.3 Å². The second-order valence-corrected chi connectivity index (χ2v) is 8.61. The molecular formula is C25H24INO5. The quantitative estimate of drug-likeness (QED) is 0.414. The molecule has 0 aromatic heterocycles. The van der Waals surface area contributed by atoms with Crippen molar-refractivity contribution in [3.63, 3.8) is 0 Å². The summed E-state index contributed by atoms with van der Waals surface area (Å²) < 4.78 is 17.6. The normalized spacial score (nSPS) is 17.0. The summed E-state index contributed by atoms with van der Waals surface area (Å²) in [5.74, 6) is 0.0665. The fraction of sp³-hybridized carbons (Fsp3) is 0.280. The number of rotatable bonds is 6. The number of dihydropyridines is 1. The summed E-state index contributed by atoms with van der Waals surface area (Å²) in [4.78, 5) is 26.6. The van der Waals surface area contributed by atoms with Gasteiger partial charge in [-0.05, 0) is 61.1 Å². The van der Waals surface area contributed by atoms with Gasteiger partial charge in [0.15, 0.2) is 17.3 Å². The van der Waals surface area contributed by atoms with Gasteiger partial charge >= 0.3 is 5.97 Å². The van der Waals surface area contributed by atoms with Gasteiger partial charge in [-0.2, -0.15) is 0 Å². The third-order valence-corrected chi connectivity index (χ3v) is 6.41. The average Bonchev–Trinajstić information content (AvgIpc) is 3.05. The molecule has 0 fully saturated rings. The summed E-state index contributed by atoms with van der Waals surface area (Å²) in [6.45, 7) is 6.21. The van der Waals surface area contributed by atoms with Crippen molar-refractivity contribution in [1.29, 1.82) is 0 Å². The predicted molar refractivity (Wildman–Crippen MR) is 130 cm³/mol. The van der Waals surface area contributed by atoms with Crippen molar-refractivity contribution >= 4 is 40.0 Å². The topological polar surface area (TPSA) is 73.9 Å². The molecule has 166 valence electrons. The highest BCUT2D eigenvalue weighted by atomic mass is 127. The van der Waals surface area contributed by atoms with Crippen LogP contribution in [0.5, 0.6) is 11.5 Å². The van der Waals surface area contributed by atoms with Crippen LogP contribution < -0.4 is 14.8 Å². The molecule has 1 N–H and O–H groups in total. The van der Waals surface area contributed by atoms with E-state index in [0.717, 1.165) is 20.4 Å². The molecule has 0 bridgehead atoms. The van der Waals surface area contributed by atoms with Gasteiger partial charge in [-0.25, -0.2) is 4.79 Å². The fourth-order valence-corrected chi connectivity index (χ4v) is 5.20. The first-order valence-corrected chi connectivity index (χ1v) is 11.5. The zero-order valence-corrected chi connectivity index (χ0v) is 20.5. The van der Waals surface area contributed by atoms with Gasteiger partial charge in [0.05, 0.1) is 35.2 Å². The number of carbonyl (C=O) groups is 2. The number of ether oxygens (including phenoxy) is 3. The Kier molecular flexibility index (Phi) is 6.28. The van der Waals surface area contributed by atoms with Crippen LogP contribution in [0, 0.1) is 3.57 Å². The van der Waals surface area contributed by atoms with Gasteiger partial charge < -0.3 is 19.5 Å². The summed E-state index contributed by atoms with van der Waals surface area (Å²) >= 11 is 2.19. The molecule has 0 radical (unpaired) electrons. The molecule has 32 heavy (non-hydrogen) atoms. The summed E-state index contributed by atoms with van der Waals surface area (Å²) in [5.41, 5.74) is 4.62. The maximum absolute atomic E-state index is 13.5. The Bertz CT molecular complexity index is 1180. The summed E-state index contributed by atoms with van der Waals surface area (Å²) in [7, 11) is 1.59. The zero-order chi connectivity index (χ0) is 23.0. The van der Waals surface area contributed by atoms with Crippen molar-refractivity contribution in [3.8, 4) is 11.5 Å². The molecule has 0 saturated heterocycles. The van der Waals surface area contributed by atoms with E-state index in [1.807, 2.05) is 50.2 Å². The smallest absolute Gasteiger partial charge is 0.336 e. The lowest BCUT2D eigenvalue weighted by Gasteiger charge is -2.29. The number of halogens is 1. The molecule has 0 saturated carbocycles. The number of Topliss-reactive ketones (excluding diaryl/α,β-unsaturated/α-hetero) is 1. The van der Waals surface area contributed by atoms with Gasteiger partial charge in [0, 0.05) is 28.3 Å². The molecule has 1 atom stereocenters. The van der Waals surface area contributed by atoms with Crippen LogP contribution in [0.4, 0.5) is 0 Å². The van der Waals surface area contributed by atoms with Crippen LogP contribution in [-0.2, 0) is 9.53 Å². The van der Waals surface area contributed by atoms with E-state index >= 15 is 0 Å². The van der Waals surface area contributed by atoms with Crippen LogP contribution in [0.2, 0.25) is 0 Å². The molecule has 2 aromatic carbocycles. The van der Waals surface area contributed by atoms with Gasteiger partial charge in [0.1, 0.15) is 0 Å². The lowest BCUT2D eigenvalue weighted by Crippen LogP contribution is -2.29. The Balaban J connectivity index is 1.96. The molecule has 7 heteroatoms. The number of hydrogen-bond acceptors (Lipinski definition) is 6. The second-order valence-electron chi connectivity index (χ2n) is 7.45. The van der Waals surface area contributed by atoms with Crippen molar-refractivity contribution in [2.45, 2.75) is 26.7 Å². The minimum Gasteiger partial charge on any atom is -0.492 e. The molecule has 0 unspecified atom stereocenters. The van der Waals surface area contributed by atoms with Crippen LogP contribution in [0.15, 0.2) is 53.2 Å². The van der Waals surface area contributed by atoms with Crippen LogP contribution in [0.25, 0.3) is 5.70 Å². The first-order valence-electron chi connectivity index (χ1n) is 10.5. The van der Waals surface area contributed by atoms with Crippen molar-refractivity contribution in [3.05, 3.63) is 73.5 Å². The molecule has 1 aliphatic heterocycles. The highest BCUT2D eigenvalue weighted by Gasteiger charge is 2.43. The number of methoxy groups -OCH3 is 1. The molecule has 0 amide bonds. The highest BCUT2D eigenvalue weighted by molar-refractivity contribution is 14.1. The second kappa shape index (κ2) is 8.97. The first kappa shape index (κ1) is 22.4. The van der Waals surface area contributed by atoms with Gasteiger partial charge in [-0.15, -0.1) is 0 Å². The van der Waals surface area contributed by atoms with Gasteiger partial charge in [0.25, 0.3) is 0 Å². The average molecular weight is 545 g/mol. The maximum Gasteiger partial charge on any atom is 0.336 e. The maximum atomic E-state index is 13.5. The number of hydrogen-bond donors (Lipinski definition) is 1. The molecule has 2 aromatic rings. The molecule has 1 aliphatic carbocycles. The SMILES string of the molecule is CCOC(=O)C1=C(C)NC2=C(C(=O)c3ccccc32)[C@H]1c1cc(I)c(OC)c(OCC)c1. The van der Waals surface area contributed by atoms with Crippen LogP contribution in [0.3, 0.4) is 0 Å². The number of allylic oxidation sites excluding steroid dienone is 2. The Morgan fingerprint density at radius 2 is 1.84 bits per heavy atom. The fourth-order valence-electron chi connectivity index (χ4n) is 4.36. The number of benzene rings is 2. The first-order chi connectivity index (χ1) is 15.4. The molecule has 2 aliphatic rings. The van der Waals surface area contributed by atoms with Crippen molar-refractivity contribution in [2.24, 2.45) is 0 Å². The Labute approximate surface area is 200 Å². The molecule has 6 nitrogen and oxygen atoms in total. The van der Waals surface area contributed by atoms with Gasteiger partial charge in [-0.3, -0.25) is 4.79 Å². The molecular weight excluding hydrogens is 521 g/mol. The van der Waals surface area contributed by atoms with Crippen LogP contribution in [0.1, 0.15) is 48.2 Å². The monoisotopic (exact) mass is 545 g/mol. The van der Waals surface area contributed by atoms with E-state index in [1.165, 1.54) is 0 Å². The molecule has 0 spiro atoms. The Hall–Kier alpha value is -2.81. The molecule has 1 heterocycles. The van der Waals surface area contributed by atoms with E-state index in [4.69, 9.17) is 14.2 Å². The summed E-state index contributed by atoms with van der Waals surface area (Å²) in [6.07, 6.45) is 0. The van der Waals surface area contributed by atoms with E-state index in [0.29, 0.717) is 40.5 Å². The van der Waals surface area contributed by atoms with Gasteiger partial charge in [0.2, 0.25) is 0 Å². The van der Waals surface area contributed by atoms with E-state index in [1.54, 1.807) is 14.0 Å². The lowest BCUT2D eigenvalue weighted by atomic mass is 9.79. The Morgan fingerprint density at radius 3 is 2.50 bits per heavy atom. The highest BCUT2D eigenvalue weighted by Crippen LogP contribution is 2.48.